The number of anilines is 2. The molecule has 2 aliphatic heterocycles. The molecule has 198 valence electrons. The Labute approximate surface area is 220 Å². The van der Waals surface area contributed by atoms with Crippen LogP contribution < -0.4 is 4.90 Å². The fourth-order valence-corrected chi connectivity index (χ4v) is 5.46. The topological polar surface area (TPSA) is 68.4 Å². The Morgan fingerprint density at radius 3 is 2.57 bits per heavy atom. The van der Waals surface area contributed by atoms with Gasteiger partial charge in [-0.05, 0) is 26.8 Å². The van der Waals surface area contributed by atoms with Gasteiger partial charge in [0.25, 0.3) is 0 Å². The number of rotatable bonds is 6. The van der Waals surface area contributed by atoms with Gasteiger partial charge in [-0.25, -0.2) is 8.78 Å². The van der Waals surface area contributed by atoms with E-state index in [1.807, 2.05) is 4.68 Å². The summed E-state index contributed by atoms with van der Waals surface area (Å²) >= 11 is -1.82. The van der Waals surface area contributed by atoms with Crippen molar-refractivity contribution in [3.05, 3.63) is 46.9 Å². The molecule has 0 atom stereocenters. The van der Waals surface area contributed by atoms with Gasteiger partial charge in [0, 0.05) is 68.6 Å². The Hall–Kier alpha value is -2.81. The molecule has 1 fully saturated rings. The van der Waals surface area contributed by atoms with E-state index in [0.29, 0.717) is 38.5 Å². The number of aryl methyl sites for hydroxylation is 1. The summed E-state index contributed by atoms with van der Waals surface area (Å²) in [6, 6.07) is 1.91. The first-order valence-electron chi connectivity index (χ1n) is 11.5. The van der Waals surface area contributed by atoms with Crippen LogP contribution in [-0.4, -0.2) is 61.7 Å². The smallest absolute Gasteiger partial charge is 0.335 e. The minimum atomic E-state index is -3.30. The predicted molar refractivity (Wildman–Crippen MR) is 139 cm³/mol. The van der Waals surface area contributed by atoms with Gasteiger partial charge in [0.2, 0.25) is 5.91 Å². The number of ether oxygens (including phenoxy) is 1. The summed E-state index contributed by atoms with van der Waals surface area (Å²) in [5.41, 5.74) is 0.483. The minimum Gasteiger partial charge on any atom is -0.377 e. The van der Waals surface area contributed by atoms with Crippen LogP contribution in [0.15, 0.2) is 18.3 Å². The number of fused-ring (bicyclic) bond motifs is 1. The van der Waals surface area contributed by atoms with E-state index in [1.54, 1.807) is 11.9 Å². The second kappa shape index (κ2) is 9.49. The molecule has 1 aromatic carbocycles. The highest BCUT2D eigenvalue weighted by atomic mass is 127. The Bertz CT molecular complexity index is 1400. The fourth-order valence-electron chi connectivity index (χ4n) is 4.71. The van der Waals surface area contributed by atoms with Crippen LogP contribution in [0.4, 0.5) is 29.1 Å². The average molecular weight is 632 g/mol. The zero-order valence-corrected chi connectivity index (χ0v) is 22.6. The van der Waals surface area contributed by atoms with Crippen molar-refractivity contribution in [3.63, 3.8) is 0 Å². The van der Waals surface area contributed by atoms with E-state index in [1.165, 1.54) is 25.1 Å². The van der Waals surface area contributed by atoms with Gasteiger partial charge in [-0.3, -0.25) is 14.2 Å². The molecule has 0 saturated carbocycles. The maximum Gasteiger partial charge on any atom is 0.335 e. The number of hydrogen-bond acceptors (Lipinski definition) is 5. The summed E-state index contributed by atoms with van der Waals surface area (Å²) in [6.45, 7) is 3.32. The van der Waals surface area contributed by atoms with E-state index < -0.39 is 42.0 Å². The maximum atomic E-state index is 15.5. The van der Waals surface area contributed by atoms with Gasteiger partial charge in [-0.1, -0.05) is 4.51 Å². The normalized spacial score (nSPS) is 16.0. The zero-order valence-electron chi connectivity index (χ0n) is 20.4. The molecule has 8 nitrogen and oxygen atoms in total. The van der Waals surface area contributed by atoms with Gasteiger partial charge in [0.1, 0.15) is 17.3 Å². The third-order valence-corrected chi connectivity index (χ3v) is 8.22. The second-order valence-corrected chi connectivity index (χ2v) is 11.2. The first-order valence-corrected chi connectivity index (χ1v) is 14.1. The fraction of sp³-hybridized carbons (Fsp3) is 0.417. The molecule has 3 aromatic rings. The minimum absolute atomic E-state index is 0.0327. The lowest BCUT2D eigenvalue weighted by Gasteiger charge is -2.31. The highest BCUT2D eigenvalue weighted by molar-refractivity contribution is 14.2. The van der Waals surface area contributed by atoms with E-state index in [4.69, 9.17) is 9.84 Å². The molecule has 4 heterocycles. The van der Waals surface area contributed by atoms with Crippen LogP contribution in [0, 0.1) is 11.6 Å². The van der Waals surface area contributed by atoms with Crippen LogP contribution in [0.25, 0.3) is 11.1 Å². The predicted octanol–water partition coefficient (Wildman–Crippen LogP) is 4.26. The van der Waals surface area contributed by atoms with E-state index in [0.717, 1.165) is 28.1 Å². The molecule has 0 aliphatic carbocycles. The average Bonchev–Trinajstić information content (AvgIpc) is 3.40. The summed E-state index contributed by atoms with van der Waals surface area (Å²) < 4.78 is 68.3. The summed E-state index contributed by atoms with van der Waals surface area (Å²) in [7, 11) is 3.00. The van der Waals surface area contributed by atoms with Crippen LogP contribution in [-0.2, 0) is 33.5 Å². The van der Waals surface area contributed by atoms with Crippen molar-refractivity contribution >= 4 is 42.7 Å². The summed E-state index contributed by atoms with van der Waals surface area (Å²) in [5, 5.41) is 8.52. The van der Waals surface area contributed by atoms with Gasteiger partial charge in [-0.15, -0.1) is 0 Å². The Kier molecular flexibility index (Phi) is 6.63. The van der Waals surface area contributed by atoms with Crippen molar-refractivity contribution in [2.45, 2.75) is 29.9 Å². The van der Waals surface area contributed by atoms with E-state index >= 15 is 8.78 Å². The molecule has 13 heteroatoms. The van der Waals surface area contributed by atoms with Crippen LogP contribution in [0.2, 0.25) is 0 Å². The number of alkyl halides is 3. The number of carbonyl (C=O) groups is 1. The first-order chi connectivity index (χ1) is 17.5. The van der Waals surface area contributed by atoms with Gasteiger partial charge >= 0.3 is 3.93 Å². The van der Waals surface area contributed by atoms with Crippen LogP contribution in [0.1, 0.15) is 29.9 Å². The van der Waals surface area contributed by atoms with Crippen LogP contribution in [0.3, 0.4) is 0 Å². The van der Waals surface area contributed by atoms with Gasteiger partial charge in [0.15, 0.2) is 5.82 Å². The summed E-state index contributed by atoms with van der Waals surface area (Å²) in [4.78, 5) is 15.2. The third kappa shape index (κ3) is 4.45. The molecule has 0 N–H and O–H groups in total. The lowest BCUT2D eigenvalue weighted by atomic mass is 10.0. The lowest BCUT2D eigenvalue weighted by molar-refractivity contribution is -0.129. The number of halogens is 5. The van der Waals surface area contributed by atoms with Crippen molar-refractivity contribution in [1.82, 2.24) is 24.5 Å². The molecule has 2 aliphatic rings. The van der Waals surface area contributed by atoms with Crippen molar-refractivity contribution in [2.75, 3.05) is 31.7 Å². The number of hydrogen-bond donors (Lipinski definition) is 0. The molecule has 5 rings (SSSR count). The molecular formula is C24H25F4IN6O2. The monoisotopic (exact) mass is 632 g/mol. The third-order valence-electron chi connectivity index (χ3n) is 6.75. The van der Waals surface area contributed by atoms with Crippen LogP contribution >= 0.6 is 20.7 Å². The van der Waals surface area contributed by atoms with E-state index in [9.17, 15) is 13.6 Å². The molecule has 0 radical (unpaired) electrons. The van der Waals surface area contributed by atoms with Gasteiger partial charge in [-0.2, -0.15) is 19.0 Å². The van der Waals surface area contributed by atoms with Crippen molar-refractivity contribution in [1.29, 1.82) is 0 Å². The number of amides is 1. The molecule has 1 amide bonds. The standard InChI is InChI=1S/C24H25F4IN6O2/c1-13(36)34-6-5-20-17(10-34)23(31-35(20)14-11-37-12-14)33(4)21-8-18(25)15(7-19(21)26)16-9-32(3)30-22(16)24(27,28)29-2/h7-9,14H,2,5-6,10-12H2,1,3-4H3. The highest BCUT2D eigenvalue weighted by Gasteiger charge is 2.37. The van der Waals surface area contributed by atoms with Gasteiger partial charge < -0.3 is 14.5 Å². The Morgan fingerprint density at radius 2 is 1.95 bits per heavy atom. The Balaban J connectivity index is 1.57. The number of aromatic nitrogens is 4. The highest BCUT2D eigenvalue weighted by Crippen LogP contribution is 2.44. The molecule has 1 saturated heterocycles. The van der Waals surface area contributed by atoms with E-state index in [-0.39, 0.29) is 28.8 Å². The van der Waals surface area contributed by atoms with E-state index in [2.05, 4.69) is 9.61 Å². The number of benzene rings is 1. The quantitative estimate of drug-likeness (QED) is 0.231. The summed E-state index contributed by atoms with van der Waals surface area (Å²) in [6.07, 6.45) is 1.83. The number of carbonyl (C=O) groups excluding carboxylic acids is 1. The van der Waals surface area contributed by atoms with Crippen molar-refractivity contribution in [3.8, 4) is 11.1 Å². The lowest BCUT2D eigenvalue weighted by Crippen LogP contribution is -2.37. The molecule has 0 unspecified atom stereocenters. The number of nitrogens with zero attached hydrogens (tertiary/aromatic N) is 6. The maximum absolute atomic E-state index is 15.5. The van der Waals surface area contributed by atoms with Gasteiger partial charge in [0.05, 0.1) is 31.5 Å². The SMILES string of the molecule is C=IC(F)(F)c1nn(C)cc1-c1cc(F)c(N(C)c2nn(C3COC3)c3c2CN(C(C)=O)CC3)cc1F. The molecule has 2 aromatic heterocycles. The second-order valence-electron chi connectivity index (χ2n) is 9.11. The van der Waals surface area contributed by atoms with Crippen molar-refractivity contribution < 1.29 is 27.1 Å². The summed E-state index contributed by atoms with van der Waals surface area (Å²) in [5.74, 6) is -1.37. The largest absolute Gasteiger partial charge is 0.377 e. The van der Waals surface area contributed by atoms with Crippen LogP contribution in [0.5, 0.6) is 0 Å². The molecular weight excluding hydrogens is 607 g/mol. The molecule has 37 heavy (non-hydrogen) atoms. The Morgan fingerprint density at radius 1 is 1.22 bits per heavy atom. The first kappa shape index (κ1) is 25.8. The van der Waals surface area contributed by atoms with Crippen molar-refractivity contribution in [2.24, 2.45) is 7.05 Å². The molecule has 0 spiro atoms. The zero-order chi connectivity index (χ0) is 26.6. The molecule has 0 bridgehead atoms.